The first-order valence-corrected chi connectivity index (χ1v) is 14.2. The lowest BCUT2D eigenvalue weighted by Gasteiger charge is -2.39. The van der Waals surface area contributed by atoms with Gasteiger partial charge in [-0.15, -0.1) is 0 Å². The summed E-state index contributed by atoms with van der Waals surface area (Å²) in [6.07, 6.45) is 3.83. The molecule has 6 nitrogen and oxygen atoms in total. The van der Waals surface area contributed by atoms with Crippen LogP contribution in [0.25, 0.3) is 0 Å². The van der Waals surface area contributed by atoms with Crippen LogP contribution in [0.2, 0.25) is 0 Å². The lowest BCUT2D eigenvalue weighted by Crippen LogP contribution is -2.45. The van der Waals surface area contributed by atoms with Gasteiger partial charge in [0.15, 0.2) is 11.6 Å². The van der Waals surface area contributed by atoms with Crippen LogP contribution in [0.15, 0.2) is 48.5 Å². The Bertz CT molecular complexity index is 883. The molecule has 3 aliphatic heterocycles. The van der Waals surface area contributed by atoms with E-state index in [2.05, 4.69) is 102 Å². The number of para-hydroxylation sites is 1. The van der Waals surface area contributed by atoms with Crippen LogP contribution >= 0.6 is 22.6 Å². The first kappa shape index (κ1) is 32.0. The first-order valence-electron chi connectivity index (χ1n) is 13.1. The van der Waals surface area contributed by atoms with Crippen molar-refractivity contribution in [3.05, 3.63) is 63.2 Å². The SMILES string of the molecule is C.CCC1(CCNC)OCCO1.Cc1ccccc1I.Cc1ccccc1N1CCC2(CC1)OCCO2. The molecule has 0 saturated carbocycles. The number of hydrogen-bond acceptors (Lipinski definition) is 6. The molecule has 0 aromatic heterocycles. The molecule has 208 valence electrons. The fourth-order valence-corrected chi connectivity index (χ4v) is 5.07. The zero-order valence-corrected chi connectivity index (χ0v) is 24.5. The van der Waals surface area contributed by atoms with Gasteiger partial charge in [-0.2, -0.15) is 0 Å². The maximum Gasteiger partial charge on any atom is 0.171 e. The third-order valence-corrected chi connectivity index (χ3v) is 8.19. The van der Waals surface area contributed by atoms with E-state index in [1.165, 1.54) is 20.4 Å². The van der Waals surface area contributed by atoms with Gasteiger partial charge in [0, 0.05) is 41.6 Å². The molecule has 5 rings (SSSR count). The van der Waals surface area contributed by atoms with Gasteiger partial charge in [-0.1, -0.05) is 50.7 Å². The van der Waals surface area contributed by atoms with Crippen molar-refractivity contribution < 1.29 is 18.9 Å². The molecule has 0 unspecified atom stereocenters. The third-order valence-electron chi connectivity index (χ3n) is 6.98. The molecule has 0 bridgehead atoms. The minimum Gasteiger partial charge on any atom is -0.371 e. The van der Waals surface area contributed by atoms with E-state index in [4.69, 9.17) is 18.9 Å². The Balaban J connectivity index is 0.000000209. The van der Waals surface area contributed by atoms with E-state index >= 15 is 0 Å². The number of hydrogen-bond donors (Lipinski definition) is 1. The number of benzene rings is 2. The summed E-state index contributed by atoms with van der Waals surface area (Å²) in [7, 11) is 1.94. The molecule has 2 aromatic rings. The molecular formula is C30H47IN2O4. The maximum atomic E-state index is 5.75. The number of ether oxygens (including phenoxy) is 4. The Hall–Kier alpha value is -1.23. The van der Waals surface area contributed by atoms with Gasteiger partial charge in [0.1, 0.15) is 0 Å². The fraction of sp³-hybridized carbons (Fsp3) is 0.600. The Labute approximate surface area is 238 Å². The summed E-state index contributed by atoms with van der Waals surface area (Å²) in [5.74, 6) is -0.539. The van der Waals surface area contributed by atoms with Crippen molar-refractivity contribution in [2.75, 3.05) is 58.0 Å². The molecule has 0 atom stereocenters. The molecule has 37 heavy (non-hydrogen) atoms. The number of halogens is 1. The van der Waals surface area contributed by atoms with Crippen molar-refractivity contribution in [1.82, 2.24) is 5.32 Å². The van der Waals surface area contributed by atoms with Gasteiger partial charge in [-0.25, -0.2) is 0 Å². The average Bonchev–Trinajstić information content (AvgIpc) is 3.57. The Morgan fingerprint density at radius 1 is 0.838 bits per heavy atom. The maximum absolute atomic E-state index is 5.75. The van der Waals surface area contributed by atoms with E-state index in [1.807, 2.05) is 7.05 Å². The van der Waals surface area contributed by atoms with Crippen molar-refractivity contribution in [3.8, 4) is 0 Å². The van der Waals surface area contributed by atoms with E-state index in [0.717, 1.165) is 71.7 Å². The van der Waals surface area contributed by atoms with Crippen molar-refractivity contribution >= 4 is 28.3 Å². The summed E-state index contributed by atoms with van der Waals surface area (Å²) in [6, 6.07) is 16.9. The molecule has 7 heteroatoms. The van der Waals surface area contributed by atoms with Crippen LogP contribution in [0.1, 0.15) is 51.2 Å². The van der Waals surface area contributed by atoms with Crippen LogP contribution < -0.4 is 10.2 Å². The predicted octanol–water partition coefficient (Wildman–Crippen LogP) is 6.32. The Morgan fingerprint density at radius 3 is 1.86 bits per heavy atom. The number of anilines is 1. The van der Waals surface area contributed by atoms with Crippen LogP contribution in [0.5, 0.6) is 0 Å². The smallest absolute Gasteiger partial charge is 0.171 e. The highest BCUT2D eigenvalue weighted by atomic mass is 127. The normalized spacial score (nSPS) is 19.3. The highest BCUT2D eigenvalue weighted by Crippen LogP contribution is 2.34. The van der Waals surface area contributed by atoms with Gasteiger partial charge >= 0.3 is 0 Å². The predicted molar refractivity (Wildman–Crippen MR) is 161 cm³/mol. The molecule has 0 aliphatic carbocycles. The summed E-state index contributed by atoms with van der Waals surface area (Å²) < 4.78 is 23.9. The molecule has 3 saturated heterocycles. The third kappa shape index (κ3) is 9.48. The van der Waals surface area contributed by atoms with E-state index in [0.29, 0.717) is 0 Å². The summed E-state index contributed by atoms with van der Waals surface area (Å²) in [5.41, 5.74) is 4.05. The number of nitrogens with one attached hydrogen (secondary N) is 1. The number of aryl methyl sites for hydroxylation is 2. The minimum absolute atomic E-state index is 0. The second-order valence-corrected chi connectivity index (χ2v) is 10.6. The van der Waals surface area contributed by atoms with Crippen LogP contribution in [-0.4, -0.2) is 64.7 Å². The highest BCUT2D eigenvalue weighted by Gasteiger charge is 2.40. The lowest BCUT2D eigenvalue weighted by atomic mass is 10.0. The van der Waals surface area contributed by atoms with Crippen molar-refractivity contribution in [2.45, 2.75) is 65.5 Å². The molecule has 1 spiro atoms. The van der Waals surface area contributed by atoms with E-state index < -0.39 is 0 Å². The summed E-state index contributed by atoms with van der Waals surface area (Å²) in [4.78, 5) is 2.44. The molecule has 0 radical (unpaired) electrons. The second-order valence-electron chi connectivity index (χ2n) is 9.45. The number of nitrogens with zero attached hydrogens (tertiary/aromatic N) is 1. The fourth-order valence-electron chi connectivity index (χ4n) is 4.68. The van der Waals surface area contributed by atoms with Crippen molar-refractivity contribution in [1.29, 1.82) is 0 Å². The van der Waals surface area contributed by atoms with Gasteiger partial charge in [-0.3, -0.25) is 0 Å². The van der Waals surface area contributed by atoms with Crippen LogP contribution in [0.4, 0.5) is 5.69 Å². The molecule has 1 N–H and O–H groups in total. The Kier molecular flexibility index (Phi) is 13.8. The van der Waals surface area contributed by atoms with Gasteiger partial charge in [-0.05, 0) is 79.7 Å². The van der Waals surface area contributed by atoms with Crippen LogP contribution in [-0.2, 0) is 18.9 Å². The monoisotopic (exact) mass is 626 g/mol. The largest absolute Gasteiger partial charge is 0.371 e. The van der Waals surface area contributed by atoms with E-state index in [-0.39, 0.29) is 19.0 Å². The topological polar surface area (TPSA) is 52.2 Å². The molecule has 3 fully saturated rings. The lowest BCUT2D eigenvalue weighted by molar-refractivity contribution is -0.169. The van der Waals surface area contributed by atoms with E-state index in [9.17, 15) is 0 Å². The molecule has 3 aliphatic rings. The van der Waals surface area contributed by atoms with Gasteiger partial charge in [0.25, 0.3) is 0 Å². The number of piperidine rings is 1. The summed E-state index contributed by atoms with van der Waals surface area (Å²) >= 11 is 2.32. The zero-order chi connectivity index (χ0) is 25.9. The summed E-state index contributed by atoms with van der Waals surface area (Å²) in [6.45, 7) is 12.4. The minimum atomic E-state index is -0.275. The summed E-state index contributed by atoms with van der Waals surface area (Å²) in [5, 5.41) is 3.09. The van der Waals surface area contributed by atoms with Crippen molar-refractivity contribution in [2.24, 2.45) is 0 Å². The highest BCUT2D eigenvalue weighted by molar-refractivity contribution is 14.1. The van der Waals surface area contributed by atoms with E-state index in [1.54, 1.807) is 0 Å². The molecule has 3 heterocycles. The average molecular weight is 627 g/mol. The zero-order valence-electron chi connectivity index (χ0n) is 22.4. The van der Waals surface area contributed by atoms with Gasteiger partial charge < -0.3 is 29.2 Å². The second kappa shape index (κ2) is 16.0. The van der Waals surface area contributed by atoms with Crippen LogP contribution in [0, 0.1) is 17.4 Å². The van der Waals surface area contributed by atoms with Crippen molar-refractivity contribution in [3.63, 3.8) is 0 Å². The number of rotatable bonds is 5. The molecule has 0 amide bonds. The Morgan fingerprint density at radius 2 is 1.38 bits per heavy atom. The first-order chi connectivity index (χ1) is 17.4. The van der Waals surface area contributed by atoms with Gasteiger partial charge in [0.2, 0.25) is 0 Å². The quantitative estimate of drug-likeness (QED) is 0.392. The van der Waals surface area contributed by atoms with Crippen LogP contribution in [0.3, 0.4) is 0 Å². The van der Waals surface area contributed by atoms with Gasteiger partial charge in [0.05, 0.1) is 26.4 Å². The standard InChI is InChI=1S/C14H19NO2.C8H17NO2.C7H7I.CH4/c1-12-4-2-3-5-13(12)15-8-6-14(7-9-15)16-10-11-17-14;1-3-8(4-5-9-2)10-6-7-11-8;1-6-4-2-3-5-7(6)8;/h2-5H,6-11H2,1H3;9H,3-7H2,1-2H3;2-5H,1H3;1H4. The molecular weight excluding hydrogens is 579 g/mol. The molecule has 2 aromatic carbocycles.